The predicted octanol–water partition coefficient (Wildman–Crippen LogP) is 2.63. The number of H-pyrrole nitrogens is 1. The summed E-state index contributed by atoms with van der Waals surface area (Å²) >= 11 is 1.74. The van der Waals surface area contributed by atoms with E-state index < -0.39 is 0 Å². The molecule has 2 aromatic rings. The third-order valence-corrected chi connectivity index (χ3v) is 4.38. The van der Waals surface area contributed by atoms with E-state index in [-0.39, 0.29) is 12.5 Å². The van der Waals surface area contributed by atoms with E-state index in [0.29, 0.717) is 12.2 Å². The van der Waals surface area contributed by atoms with E-state index in [1.165, 1.54) is 11.1 Å². The third-order valence-electron chi connectivity index (χ3n) is 3.31. The van der Waals surface area contributed by atoms with Crippen molar-refractivity contribution in [3.05, 3.63) is 35.0 Å². The molecule has 0 spiro atoms. The van der Waals surface area contributed by atoms with Crippen LogP contribution >= 0.6 is 11.8 Å². The molecule has 0 saturated carbocycles. The maximum atomic E-state index is 12.1. The molecule has 0 atom stereocenters. The maximum Gasteiger partial charge on any atom is 0.267 e. The Morgan fingerprint density at radius 3 is 2.86 bits per heavy atom. The Bertz CT molecular complexity index is 622. The van der Waals surface area contributed by atoms with Gasteiger partial charge in [-0.25, -0.2) is 0 Å². The number of hydrogen-bond acceptors (Lipinski definition) is 3. The van der Waals surface area contributed by atoms with Gasteiger partial charge in [0.15, 0.2) is 0 Å². The SMILES string of the molecule is Cc1cc(C)c2cc(C(=O)NCCSCCCO)[nH]c2c1. The topological polar surface area (TPSA) is 65.1 Å². The number of carbonyl (C=O) groups is 1. The minimum absolute atomic E-state index is 0.0639. The van der Waals surface area contributed by atoms with Gasteiger partial charge in [0, 0.05) is 29.8 Å². The lowest BCUT2D eigenvalue weighted by atomic mass is 10.1. The zero-order valence-electron chi connectivity index (χ0n) is 12.5. The van der Waals surface area contributed by atoms with Crippen LogP contribution in [0.15, 0.2) is 18.2 Å². The molecular formula is C16H22N2O2S. The molecule has 0 saturated heterocycles. The Kier molecular flexibility index (Phi) is 5.70. The zero-order valence-corrected chi connectivity index (χ0v) is 13.3. The molecule has 0 aliphatic rings. The number of nitrogens with one attached hydrogen (secondary N) is 2. The van der Waals surface area contributed by atoms with E-state index in [4.69, 9.17) is 5.11 Å². The van der Waals surface area contributed by atoms with Crippen LogP contribution in [0.3, 0.4) is 0 Å². The van der Waals surface area contributed by atoms with Crippen LogP contribution < -0.4 is 5.32 Å². The predicted molar refractivity (Wildman–Crippen MR) is 89.1 cm³/mol. The number of aromatic amines is 1. The average Bonchev–Trinajstić information content (AvgIpc) is 2.86. The first kappa shape index (κ1) is 15.9. The van der Waals surface area contributed by atoms with E-state index in [9.17, 15) is 4.79 Å². The molecule has 0 bridgehead atoms. The Labute approximate surface area is 129 Å². The number of benzene rings is 1. The quantitative estimate of drug-likeness (QED) is 0.689. The van der Waals surface area contributed by atoms with Gasteiger partial charge in [0.1, 0.15) is 5.69 Å². The van der Waals surface area contributed by atoms with Crippen LogP contribution in [0.25, 0.3) is 10.9 Å². The second-order valence-corrected chi connectivity index (χ2v) is 6.40. The second-order valence-electron chi connectivity index (χ2n) is 5.17. The fraction of sp³-hybridized carbons (Fsp3) is 0.438. The van der Waals surface area contributed by atoms with Gasteiger partial charge in [-0.3, -0.25) is 4.79 Å². The third kappa shape index (κ3) is 4.25. The first-order chi connectivity index (χ1) is 10.1. The summed E-state index contributed by atoms with van der Waals surface area (Å²) in [6.07, 6.45) is 0.805. The summed E-state index contributed by atoms with van der Waals surface area (Å²) in [6.45, 7) is 4.98. The van der Waals surface area contributed by atoms with Gasteiger partial charge in [0.05, 0.1) is 0 Å². The molecule has 4 nitrogen and oxygen atoms in total. The fourth-order valence-corrected chi connectivity index (χ4v) is 3.11. The molecule has 0 fully saturated rings. The van der Waals surface area contributed by atoms with Gasteiger partial charge >= 0.3 is 0 Å². The number of aromatic nitrogens is 1. The number of thioether (sulfide) groups is 1. The van der Waals surface area contributed by atoms with E-state index >= 15 is 0 Å². The minimum atomic E-state index is -0.0639. The average molecular weight is 306 g/mol. The van der Waals surface area contributed by atoms with E-state index in [2.05, 4.69) is 36.3 Å². The van der Waals surface area contributed by atoms with Crippen LogP contribution in [0.5, 0.6) is 0 Å². The molecule has 0 unspecified atom stereocenters. The van der Waals surface area contributed by atoms with Gasteiger partial charge in [-0.1, -0.05) is 6.07 Å². The molecule has 0 radical (unpaired) electrons. The van der Waals surface area contributed by atoms with Crippen LogP contribution in [0.2, 0.25) is 0 Å². The van der Waals surface area contributed by atoms with Crippen molar-refractivity contribution in [1.82, 2.24) is 10.3 Å². The van der Waals surface area contributed by atoms with Crippen molar-refractivity contribution in [2.24, 2.45) is 0 Å². The Balaban J connectivity index is 1.92. The van der Waals surface area contributed by atoms with Crippen molar-refractivity contribution in [2.75, 3.05) is 24.7 Å². The molecule has 114 valence electrons. The number of rotatable bonds is 7. The van der Waals surface area contributed by atoms with E-state index in [1.54, 1.807) is 11.8 Å². The summed E-state index contributed by atoms with van der Waals surface area (Å²) in [7, 11) is 0. The number of aliphatic hydroxyl groups is 1. The Morgan fingerprint density at radius 2 is 2.10 bits per heavy atom. The Morgan fingerprint density at radius 1 is 1.29 bits per heavy atom. The second kappa shape index (κ2) is 7.52. The van der Waals surface area contributed by atoms with Gasteiger partial charge in [0.2, 0.25) is 0 Å². The number of fused-ring (bicyclic) bond motifs is 1. The van der Waals surface area contributed by atoms with Crippen molar-refractivity contribution < 1.29 is 9.90 Å². The van der Waals surface area contributed by atoms with Crippen molar-refractivity contribution >= 4 is 28.6 Å². The molecule has 0 aliphatic heterocycles. The maximum absolute atomic E-state index is 12.1. The highest BCUT2D eigenvalue weighted by Crippen LogP contribution is 2.21. The van der Waals surface area contributed by atoms with Crippen molar-refractivity contribution in [3.63, 3.8) is 0 Å². The van der Waals surface area contributed by atoms with Gasteiger partial charge < -0.3 is 15.4 Å². The molecule has 3 N–H and O–H groups in total. The standard InChI is InChI=1S/C16H22N2O2S/c1-11-8-12(2)13-10-15(18-14(13)9-11)16(20)17-4-7-21-6-3-5-19/h8-10,18-19H,3-7H2,1-2H3,(H,17,20). The van der Waals surface area contributed by atoms with Crippen LogP contribution in [0, 0.1) is 13.8 Å². The molecule has 1 amide bonds. The number of aliphatic hydroxyl groups excluding tert-OH is 1. The lowest BCUT2D eigenvalue weighted by molar-refractivity contribution is 0.0952. The van der Waals surface area contributed by atoms with Crippen molar-refractivity contribution in [3.8, 4) is 0 Å². The summed E-state index contributed by atoms with van der Waals surface area (Å²) in [5.41, 5.74) is 3.99. The molecular weight excluding hydrogens is 284 g/mol. The lowest BCUT2D eigenvalue weighted by Crippen LogP contribution is -2.26. The zero-order chi connectivity index (χ0) is 15.2. The normalized spacial score (nSPS) is 11.0. The highest BCUT2D eigenvalue weighted by Gasteiger charge is 2.10. The first-order valence-electron chi connectivity index (χ1n) is 7.18. The van der Waals surface area contributed by atoms with Crippen molar-refractivity contribution in [2.45, 2.75) is 20.3 Å². The molecule has 5 heteroatoms. The van der Waals surface area contributed by atoms with Crippen LogP contribution in [-0.2, 0) is 0 Å². The molecule has 1 aromatic heterocycles. The number of amides is 1. The molecule has 2 rings (SSSR count). The van der Waals surface area contributed by atoms with Gasteiger partial charge in [-0.05, 0) is 49.3 Å². The fourth-order valence-electron chi connectivity index (χ4n) is 2.32. The minimum Gasteiger partial charge on any atom is -0.396 e. The lowest BCUT2D eigenvalue weighted by Gasteiger charge is -2.03. The molecule has 21 heavy (non-hydrogen) atoms. The monoisotopic (exact) mass is 306 g/mol. The summed E-state index contributed by atoms with van der Waals surface area (Å²) < 4.78 is 0. The van der Waals surface area contributed by atoms with Gasteiger partial charge in [-0.2, -0.15) is 11.8 Å². The highest BCUT2D eigenvalue weighted by atomic mass is 32.2. The molecule has 0 aliphatic carbocycles. The summed E-state index contributed by atoms with van der Waals surface area (Å²) in [4.78, 5) is 15.3. The van der Waals surface area contributed by atoms with E-state index in [1.807, 2.05) is 6.07 Å². The summed E-state index contributed by atoms with van der Waals surface area (Å²) in [5.74, 6) is 1.73. The van der Waals surface area contributed by atoms with Gasteiger partial charge in [-0.15, -0.1) is 0 Å². The highest BCUT2D eigenvalue weighted by molar-refractivity contribution is 7.99. The number of carbonyl (C=O) groups excluding carboxylic acids is 1. The smallest absolute Gasteiger partial charge is 0.267 e. The first-order valence-corrected chi connectivity index (χ1v) is 8.34. The number of aryl methyl sites for hydroxylation is 2. The van der Waals surface area contributed by atoms with E-state index in [0.717, 1.165) is 28.8 Å². The van der Waals surface area contributed by atoms with Crippen LogP contribution in [0.1, 0.15) is 28.0 Å². The number of hydrogen-bond donors (Lipinski definition) is 3. The van der Waals surface area contributed by atoms with Crippen LogP contribution in [0.4, 0.5) is 0 Å². The molecule has 1 aromatic carbocycles. The van der Waals surface area contributed by atoms with Gasteiger partial charge in [0.25, 0.3) is 5.91 Å². The summed E-state index contributed by atoms with van der Waals surface area (Å²) in [5, 5.41) is 12.7. The molecule has 1 heterocycles. The van der Waals surface area contributed by atoms with Crippen LogP contribution in [-0.4, -0.2) is 40.7 Å². The summed E-state index contributed by atoms with van der Waals surface area (Å²) in [6, 6.07) is 6.10. The van der Waals surface area contributed by atoms with Crippen molar-refractivity contribution in [1.29, 1.82) is 0 Å². The Hall–Kier alpha value is -1.46. The largest absolute Gasteiger partial charge is 0.396 e.